The van der Waals surface area contributed by atoms with Gasteiger partial charge in [-0.25, -0.2) is 12.7 Å². The van der Waals surface area contributed by atoms with Gasteiger partial charge in [-0.3, -0.25) is 0 Å². The van der Waals surface area contributed by atoms with Crippen LogP contribution in [0.15, 0.2) is 0 Å². The molecule has 1 saturated carbocycles. The highest BCUT2D eigenvalue weighted by molar-refractivity contribution is 7.89. The van der Waals surface area contributed by atoms with Gasteiger partial charge in [-0.1, -0.05) is 0 Å². The molecule has 78 valence electrons. The summed E-state index contributed by atoms with van der Waals surface area (Å²) in [6, 6.07) is 0.0801. The van der Waals surface area contributed by atoms with Crippen LogP contribution in [-0.2, 0) is 10.0 Å². The average molecular weight is 207 g/mol. The number of hydrogen-bond donors (Lipinski definition) is 1. The molecule has 0 spiro atoms. The molecule has 0 radical (unpaired) electrons. The first kappa shape index (κ1) is 10.9. The van der Waals surface area contributed by atoms with Gasteiger partial charge in [0.25, 0.3) is 0 Å². The summed E-state index contributed by atoms with van der Waals surface area (Å²) in [6.45, 7) is 1.62. The molecule has 0 aromatic rings. The van der Waals surface area contributed by atoms with Crippen molar-refractivity contribution in [2.24, 2.45) is 5.92 Å². The van der Waals surface area contributed by atoms with E-state index < -0.39 is 10.0 Å². The van der Waals surface area contributed by atoms with Gasteiger partial charge in [-0.2, -0.15) is 0 Å². The minimum atomic E-state index is -3.23. The molecule has 1 N–H and O–H groups in total. The van der Waals surface area contributed by atoms with Gasteiger partial charge in [0.2, 0.25) is 10.0 Å². The fourth-order valence-corrected chi connectivity index (χ4v) is 2.59. The molecule has 0 aliphatic heterocycles. The summed E-state index contributed by atoms with van der Waals surface area (Å²) in [7, 11) is -1.64. The van der Waals surface area contributed by atoms with Crippen LogP contribution in [0.4, 0.5) is 0 Å². The van der Waals surface area contributed by atoms with Crippen LogP contribution in [0.5, 0.6) is 0 Å². The first-order chi connectivity index (χ1) is 5.99. The maximum atomic E-state index is 11.5. The number of sulfonamides is 1. The molecule has 1 rings (SSSR count). The van der Waals surface area contributed by atoms with Gasteiger partial charge in [-0.15, -0.1) is 0 Å². The molecular weight excluding hydrogens is 190 g/mol. The third kappa shape index (κ3) is 2.65. The second kappa shape index (κ2) is 3.94. The molecule has 0 heterocycles. The third-order valence-electron chi connectivity index (χ3n) is 2.67. The van der Waals surface area contributed by atoms with Crippen LogP contribution >= 0.6 is 0 Å². The monoisotopic (exact) mass is 207 g/mol. The Kier molecular flexibility index (Phi) is 3.32. The molecule has 1 aliphatic rings. The lowest BCUT2D eigenvalue weighted by molar-refractivity contribution is 0.309. The zero-order chi connectivity index (χ0) is 10.1. The van der Waals surface area contributed by atoms with Gasteiger partial charge in [-0.05, 0) is 25.7 Å². The largest absolute Gasteiger partial charge is 0.395 e. The summed E-state index contributed by atoms with van der Waals surface area (Å²) in [5.74, 6) is 0.360. The quantitative estimate of drug-likeness (QED) is 0.692. The van der Waals surface area contributed by atoms with Crippen molar-refractivity contribution < 1.29 is 13.5 Å². The molecule has 1 atom stereocenters. The van der Waals surface area contributed by atoms with E-state index in [0.717, 1.165) is 12.8 Å². The summed E-state index contributed by atoms with van der Waals surface area (Å²) in [5.41, 5.74) is 0. The Bertz CT molecular complexity index is 259. The average Bonchev–Trinajstić information content (AvgIpc) is 2.84. The molecule has 13 heavy (non-hydrogen) atoms. The Balaban J connectivity index is 2.58. The lowest BCUT2D eigenvalue weighted by Crippen LogP contribution is -2.38. The van der Waals surface area contributed by atoms with Gasteiger partial charge in [0.15, 0.2) is 0 Å². The molecule has 5 heteroatoms. The van der Waals surface area contributed by atoms with E-state index in [1.54, 1.807) is 7.05 Å². The Morgan fingerprint density at radius 2 is 2.08 bits per heavy atom. The minimum Gasteiger partial charge on any atom is -0.395 e. The van der Waals surface area contributed by atoms with Crippen LogP contribution in [0.3, 0.4) is 0 Å². The van der Waals surface area contributed by atoms with Gasteiger partial charge < -0.3 is 5.11 Å². The highest BCUT2D eigenvalue weighted by atomic mass is 32.2. The molecule has 1 unspecified atom stereocenters. The number of nitrogens with zero attached hydrogens (tertiary/aromatic N) is 1. The SMILES string of the molecule is CC(C1CC1)N(C)S(=O)(=O)CCO. The number of aliphatic hydroxyl groups excluding tert-OH is 1. The van der Waals surface area contributed by atoms with E-state index in [9.17, 15) is 8.42 Å². The Hall–Kier alpha value is -0.130. The summed E-state index contributed by atoms with van der Waals surface area (Å²) in [6.07, 6.45) is 2.25. The fourth-order valence-electron chi connectivity index (χ4n) is 1.39. The third-order valence-corrected chi connectivity index (χ3v) is 4.57. The number of aliphatic hydroxyl groups is 1. The summed E-state index contributed by atoms with van der Waals surface area (Å²) in [5, 5.41) is 8.58. The molecular formula is C8H17NO3S. The van der Waals surface area contributed by atoms with Gasteiger partial charge in [0.05, 0.1) is 12.4 Å². The van der Waals surface area contributed by atoms with E-state index in [2.05, 4.69) is 0 Å². The summed E-state index contributed by atoms with van der Waals surface area (Å²) < 4.78 is 24.3. The normalized spacial score (nSPS) is 20.6. The van der Waals surface area contributed by atoms with Gasteiger partial charge in [0.1, 0.15) is 0 Å². The Morgan fingerprint density at radius 1 is 1.54 bits per heavy atom. The first-order valence-electron chi connectivity index (χ1n) is 4.55. The van der Waals surface area contributed by atoms with Crippen molar-refractivity contribution in [2.75, 3.05) is 19.4 Å². The smallest absolute Gasteiger partial charge is 0.216 e. The zero-order valence-electron chi connectivity index (χ0n) is 8.10. The standard InChI is InChI=1S/C8H17NO3S/c1-7(8-3-4-8)9(2)13(11,12)6-5-10/h7-8,10H,3-6H2,1-2H3. The molecule has 0 amide bonds. The number of hydrogen-bond acceptors (Lipinski definition) is 3. The van der Waals surface area contributed by atoms with Crippen LogP contribution in [-0.4, -0.2) is 43.3 Å². The zero-order valence-corrected chi connectivity index (χ0v) is 8.92. The lowest BCUT2D eigenvalue weighted by atomic mass is 10.2. The predicted molar refractivity (Wildman–Crippen MR) is 50.8 cm³/mol. The highest BCUT2D eigenvalue weighted by Gasteiger charge is 2.34. The van der Waals surface area contributed by atoms with Crippen LogP contribution in [0, 0.1) is 5.92 Å². The van der Waals surface area contributed by atoms with Gasteiger partial charge >= 0.3 is 0 Å². The molecule has 0 aromatic carbocycles. The predicted octanol–water partition coefficient (Wildman–Crippen LogP) is 0.0388. The van der Waals surface area contributed by atoms with Crippen molar-refractivity contribution in [3.05, 3.63) is 0 Å². The Morgan fingerprint density at radius 3 is 2.46 bits per heavy atom. The number of rotatable bonds is 5. The highest BCUT2D eigenvalue weighted by Crippen LogP contribution is 2.35. The van der Waals surface area contributed by atoms with Crippen molar-refractivity contribution in [3.63, 3.8) is 0 Å². The molecule has 1 aliphatic carbocycles. The molecule has 1 fully saturated rings. The van der Waals surface area contributed by atoms with Crippen LogP contribution in [0.1, 0.15) is 19.8 Å². The molecule has 4 nitrogen and oxygen atoms in total. The molecule has 0 saturated heterocycles. The maximum absolute atomic E-state index is 11.5. The van der Waals surface area contributed by atoms with Crippen LogP contribution < -0.4 is 0 Å². The van der Waals surface area contributed by atoms with Crippen molar-refractivity contribution in [1.29, 1.82) is 0 Å². The van der Waals surface area contributed by atoms with E-state index in [4.69, 9.17) is 5.11 Å². The van der Waals surface area contributed by atoms with E-state index >= 15 is 0 Å². The Labute approximate surface area is 79.6 Å². The van der Waals surface area contributed by atoms with E-state index in [1.165, 1.54) is 4.31 Å². The molecule has 0 aromatic heterocycles. The topological polar surface area (TPSA) is 57.6 Å². The minimum absolute atomic E-state index is 0.0801. The van der Waals surface area contributed by atoms with Crippen molar-refractivity contribution >= 4 is 10.0 Å². The maximum Gasteiger partial charge on any atom is 0.216 e. The van der Waals surface area contributed by atoms with Crippen LogP contribution in [0.25, 0.3) is 0 Å². The van der Waals surface area contributed by atoms with Crippen molar-refractivity contribution in [1.82, 2.24) is 4.31 Å². The second-order valence-corrected chi connectivity index (χ2v) is 5.78. The summed E-state index contributed by atoms with van der Waals surface area (Å²) >= 11 is 0. The second-order valence-electron chi connectivity index (χ2n) is 3.63. The summed E-state index contributed by atoms with van der Waals surface area (Å²) in [4.78, 5) is 0. The van der Waals surface area contributed by atoms with E-state index in [1.807, 2.05) is 6.92 Å². The fraction of sp³-hybridized carbons (Fsp3) is 1.00. The van der Waals surface area contributed by atoms with Gasteiger partial charge in [0, 0.05) is 13.1 Å². The van der Waals surface area contributed by atoms with Crippen molar-refractivity contribution in [3.8, 4) is 0 Å². The molecule has 0 bridgehead atoms. The van der Waals surface area contributed by atoms with Crippen molar-refractivity contribution in [2.45, 2.75) is 25.8 Å². The van der Waals surface area contributed by atoms with E-state index in [-0.39, 0.29) is 18.4 Å². The van der Waals surface area contributed by atoms with Crippen LogP contribution in [0.2, 0.25) is 0 Å². The van der Waals surface area contributed by atoms with E-state index in [0.29, 0.717) is 5.92 Å². The lowest BCUT2D eigenvalue weighted by Gasteiger charge is -2.23. The first-order valence-corrected chi connectivity index (χ1v) is 6.16.